The maximum Gasteiger partial charge on any atom is 0.135 e. The summed E-state index contributed by atoms with van der Waals surface area (Å²) < 4.78 is 8.56. The molecule has 0 amide bonds. The SMILES string of the molecule is c1ccc(-c2ccc(-c3cc(-c4ccccc4)cc(-n4c5ccccc5c5cc(-c6ccc7oc8ccccc8c7c6)ccc54)c3)cc2)cc1. The molecule has 2 heterocycles. The molecule has 2 nitrogen and oxygen atoms in total. The fourth-order valence-corrected chi connectivity index (χ4v) is 7.53. The molecule has 10 rings (SSSR count). The van der Waals surface area contributed by atoms with E-state index >= 15 is 0 Å². The van der Waals surface area contributed by atoms with E-state index < -0.39 is 0 Å². The van der Waals surface area contributed by atoms with E-state index in [1.807, 2.05) is 12.1 Å². The number of furan rings is 1. The molecule has 0 aliphatic rings. The monoisotopic (exact) mass is 637 g/mol. The second-order valence-electron chi connectivity index (χ2n) is 13.0. The molecular weight excluding hydrogens is 607 g/mol. The molecule has 0 aliphatic carbocycles. The lowest BCUT2D eigenvalue weighted by molar-refractivity contribution is 0.669. The third kappa shape index (κ3) is 4.73. The van der Waals surface area contributed by atoms with E-state index in [1.165, 1.54) is 66.3 Å². The van der Waals surface area contributed by atoms with E-state index in [1.54, 1.807) is 0 Å². The fourth-order valence-electron chi connectivity index (χ4n) is 7.53. The predicted molar refractivity (Wildman–Crippen MR) is 210 cm³/mol. The molecule has 0 aliphatic heterocycles. The van der Waals surface area contributed by atoms with E-state index in [0.717, 1.165) is 27.6 Å². The third-order valence-electron chi connectivity index (χ3n) is 9.99. The summed E-state index contributed by atoms with van der Waals surface area (Å²) in [6.07, 6.45) is 0. The molecule has 2 heteroatoms. The molecule has 0 fully saturated rings. The summed E-state index contributed by atoms with van der Waals surface area (Å²) in [5.74, 6) is 0. The standard InChI is InChI=1S/C48H31NO/c1-3-11-32(12-4-1)34-19-21-35(22-20-34)39-27-38(33-13-5-2-6-14-33)28-40(29-39)49-45-17-9-7-15-41(45)43-30-36(23-25-46(43)49)37-24-26-48-44(31-37)42-16-8-10-18-47(42)50-48/h1-31H. The maximum absolute atomic E-state index is 6.13. The van der Waals surface area contributed by atoms with Crippen LogP contribution in [0.25, 0.3) is 93.9 Å². The molecule has 0 saturated heterocycles. The van der Waals surface area contributed by atoms with Gasteiger partial charge in [-0.15, -0.1) is 0 Å². The molecule has 0 radical (unpaired) electrons. The van der Waals surface area contributed by atoms with Crippen LogP contribution in [0, 0.1) is 0 Å². The van der Waals surface area contributed by atoms with Gasteiger partial charge in [-0.3, -0.25) is 0 Å². The van der Waals surface area contributed by atoms with Crippen LogP contribution in [0.4, 0.5) is 0 Å². The van der Waals surface area contributed by atoms with Crippen LogP contribution in [0.1, 0.15) is 0 Å². The van der Waals surface area contributed by atoms with Gasteiger partial charge in [0.1, 0.15) is 11.2 Å². The van der Waals surface area contributed by atoms with Gasteiger partial charge in [0.25, 0.3) is 0 Å². The van der Waals surface area contributed by atoms with E-state index in [0.29, 0.717) is 0 Å². The number of fused-ring (bicyclic) bond motifs is 6. The van der Waals surface area contributed by atoms with Gasteiger partial charge >= 0.3 is 0 Å². The molecule has 0 unspecified atom stereocenters. The Labute approximate surface area is 290 Å². The number of nitrogens with zero attached hydrogens (tertiary/aromatic N) is 1. The maximum atomic E-state index is 6.13. The lowest BCUT2D eigenvalue weighted by atomic mass is 9.96. The first kappa shape index (κ1) is 28.4. The van der Waals surface area contributed by atoms with Crippen molar-refractivity contribution in [3.63, 3.8) is 0 Å². The lowest BCUT2D eigenvalue weighted by Gasteiger charge is -2.14. The molecule has 0 N–H and O–H groups in total. The van der Waals surface area contributed by atoms with Crippen LogP contribution in [0.15, 0.2) is 192 Å². The quantitative estimate of drug-likeness (QED) is 0.184. The largest absolute Gasteiger partial charge is 0.456 e. The first-order chi connectivity index (χ1) is 24.8. The Morgan fingerprint density at radius 3 is 1.48 bits per heavy atom. The number of para-hydroxylation sites is 2. The number of aromatic nitrogens is 1. The van der Waals surface area contributed by atoms with Crippen molar-refractivity contribution in [2.24, 2.45) is 0 Å². The minimum atomic E-state index is 0.913. The summed E-state index contributed by atoms with van der Waals surface area (Å²) in [7, 11) is 0. The highest BCUT2D eigenvalue weighted by atomic mass is 16.3. The second-order valence-corrected chi connectivity index (χ2v) is 13.0. The van der Waals surface area contributed by atoms with Crippen LogP contribution in [-0.4, -0.2) is 4.57 Å². The summed E-state index contributed by atoms with van der Waals surface area (Å²) in [6, 6.07) is 67.6. The predicted octanol–water partition coefficient (Wildman–Crippen LogP) is 13.4. The fraction of sp³-hybridized carbons (Fsp3) is 0. The van der Waals surface area contributed by atoms with Gasteiger partial charge < -0.3 is 8.98 Å². The van der Waals surface area contributed by atoms with Crippen LogP contribution in [0.2, 0.25) is 0 Å². The molecule has 10 aromatic rings. The normalized spacial score (nSPS) is 11.6. The third-order valence-corrected chi connectivity index (χ3v) is 9.99. The van der Waals surface area contributed by atoms with Crippen molar-refractivity contribution >= 4 is 43.7 Å². The Bertz CT molecular complexity index is 2840. The highest BCUT2D eigenvalue weighted by Gasteiger charge is 2.16. The van der Waals surface area contributed by atoms with Crippen LogP contribution < -0.4 is 0 Å². The molecule has 0 atom stereocenters. The van der Waals surface area contributed by atoms with Crippen molar-refractivity contribution in [1.82, 2.24) is 4.57 Å². The van der Waals surface area contributed by atoms with Crippen LogP contribution in [0.5, 0.6) is 0 Å². The van der Waals surface area contributed by atoms with Crippen molar-refractivity contribution in [3.05, 3.63) is 188 Å². The van der Waals surface area contributed by atoms with Crippen molar-refractivity contribution in [2.75, 3.05) is 0 Å². The lowest BCUT2D eigenvalue weighted by Crippen LogP contribution is -1.96. The molecular formula is C48H31NO. The summed E-state index contributed by atoms with van der Waals surface area (Å²) in [5, 5.41) is 4.75. The van der Waals surface area contributed by atoms with Gasteiger partial charge in [0, 0.05) is 27.2 Å². The van der Waals surface area contributed by atoms with Gasteiger partial charge in [0.05, 0.1) is 11.0 Å². The average molecular weight is 638 g/mol. The van der Waals surface area contributed by atoms with E-state index in [2.05, 4.69) is 180 Å². The van der Waals surface area contributed by atoms with Crippen molar-refractivity contribution in [3.8, 4) is 50.2 Å². The second kappa shape index (κ2) is 11.5. The summed E-state index contributed by atoms with van der Waals surface area (Å²) in [5.41, 5.74) is 14.9. The molecule has 0 bridgehead atoms. The van der Waals surface area contributed by atoms with E-state index in [9.17, 15) is 0 Å². The molecule has 0 saturated carbocycles. The Kier molecular flexibility index (Phi) is 6.53. The molecule has 2 aromatic heterocycles. The highest BCUT2D eigenvalue weighted by molar-refractivity contribution is 6.11. The summed E-state index contributed by atoms with van der Waals surface area (Å²) >= 11 is 0. The summed E-state index contributed by atoms with van der Waals surface area (Å²) in [4.78, 5) is 0. The van der Waals surface area contributed by atoms with Crippen LogP contribution in [-0.2, 0) is 0 Å². The van der Waals surface area contributed by atoms with Crippen LogP contribution >= 0.6 is 0 Å². The molecule has 8 aromatic carbocycles. The minimum absolute atomic E-state index is 0.913. The molecule has 0 spiro atoms. The Morgan fingerprint density at radius 1 is 0.280 bits per heavy atom. The minimum Gasteiger partial charge on any atom is -0.456 e. The van der Waals surface area contributed by atoms with Gasteiger partial charge in [0.15, 0.2) is 0 Å². The van der Waals surface area contributed by atoms with Crippen LogP contribution in [0.3, 0.4) is 0 Å². The number of hydrogen-bond acceptors (Lipinski definition) is 1. The van der Waals surface area contributed by atoms with Gasteiger partial charge in [-0.1, -0.05) is 133 Å². The zero-order valence-electron chi connectivity index (χ0n) is 27.3. The van der Waals surface area contributed by atoms with Gasteiger partial charge in [-0.2, -0.15) is 0 Å². The Morgan fingerprint density at radius 2 is 0.760 bits per heavy atom. The van der Waals surface area contributed by atoms with E-state index in [-0.39, 0.29) is 0 Å². The van der Waals surface area contributed by atoms with Gasteiger partial charge in [-0.05, 0) is 99.1 Å². The zero-order valence-corrected chi connectivity index (χ0v) is 27.3. The topological polar surface area (TPSA) is 18.1 Å². The average Bonchev–Trinajstić information content (AvgIpc) is 3.73. The Balaban J connectivity index is 1.15. The summed E-state index contributed by atoms with van der Waals surface area (Å²) in [6.45, 7) is 0. The number of benzene rings is 8. The number of rotatable bonds is 5. The van der Waals surface area contributed by atoms with Crippen molar-refractivity contribution in [1.29, 1.82) is 0 Å². The van der Waals surface area contributed by atoms with Gasteiger partial charge in [0.2, 0.25) is 0 Å². The molecule has 234 valence electrons. The highest BCUT2D eigenvalue weighted by Crippen LogP contribution is 2.39. The molecule has 50 heavy (non-hydrogen) atoms. The van der Waals surface area contributed by atoms with E-state index in [4.69, 9.17) is 4.42 Å². The number of hydrogen-bond donors (Lipinski definition) is 0. The smallest absolute Gasteiger partial charge is 0.135 e. The zero-order chi connectivity index (χ0) is 33.0. The first-order valence-corrected chi connectivity index (χ1v) is 17.1. The van der Waals surface area contributed by atoms with Crippen molar-refractivity contribution < 1.29 is 4.42 Å². The van der Waals surface area contributed by atoms with Crippen molar-refractivity contribution in [2.45, 2.75) is 0 Å². The Hall–Kier alpha value is -6.64. The first-order valence-electron chi connectivity index (χ1n) is 17.1. The van der Waals surface area contributed by atoms with Gasteiger partial charge in [-0.25, -0.2) is 0 Å².